The van der Waals surface area contributed by atoms with Crippen LogP contribution in [-0.4, -0.2) is 16.2 Å². The van der Waals surface area contributed by atoms with Crippen LogP contribution in [0.3, 0.4) is 0 Å². The van der Waals surface area contributed by atoms with Gasteiger partial charge in [0, 0.05) is 11.3 Å². The van der Waals surface area contributed by atoms with Crippen LogP contribution in [0.25, 0.3) is 11.5 Å². The van der Waals surface area contributed by atoms with Crippen molar-refractivity contribution >= 4 is 11.7 Å². The summed E-state index contributed by atoms with van der Waals surface area (Å²) in [4.78, 5) is 12.1. The van der Waals surface area contributed by atoms with Gasteiger partial charge in [0.1, 0.15) is 0 Å². The van der Waals surface area contributed by atoms with Crippen LogP contribution in [0.15, 0.2) is 52.9 Å². The minimum atomic E-state index is -0.523. The zero-order chi connectivity index (χ0) is 16.2. The monoisotopic (exact) mass is 309 g/mol. The van der Waals surface area contributed by atoms with Crippen molar-refractivity contribution in [2.45, 2.75) is 13.5 Å². The molecule has 0 saturated heterocycles. The first-order valence-corrected chi connectivity index (χ1v) is 7.05. The zero-order valence-corrected chi connectivity index (χ0v) is 12.5. The lowest BCUT2D eigenvalue weighted by Crippen LogP contribution is -2.09. The lowest BCUT2D eigenvalue weighted by molar-refractivity contribution is 0.0440. The number of carbonyl (C=O) groups excluding carboxylic acids is 1. The third-order valence-corrected chi connectivity index (χ3v) is 3.36. The number of rotatable bonds is 4. The fourth-order valence-electron chi connectivity index (χ4n) is 2.07. The lowest BCUT2D eigenvalue weighted by Gasteiger charge is -2.07. The van der Waals surface area contributed by atoms with Crippen LogP contribution in [0.2, 0.25) is 0 Å². The van der Waals surface area contributed by atoms with Crippen molar-refractivity contribution < 1.29 is 13.9 Å². The van der Waals surface area contributed by atoms with E-state index in [2.05, 4.69) is 10.2 Å². The Kier molecular flexibility index (Phi) is 4.05. The first-order chi connectivity index (χ1) is 11.1. The van der Waals surface area contributed by atoms with Crippen LogP contribution in [0.4, 0.5) is 5.69 Å². The van der Waals surface area contributed by atoms with Crippen molar-refractivity contribution in [1.82, 2.24) is 10.2 Å². The normalized spacial score (nSPS) is 10.5. The molecule has 2 aromatic carbocycles. The highest BCUT2D eigenvalue weighted by molar-refractivity contribution is 5.95. The average molecular weight is 309 g/mol. The molecule has 0 aliphatic carbocycles. The van der Waals surface area contributed by atoms with Gasteiger partial charge in [-0.2, -0.15) is 0 Å². The number of esters is 1. The average Bonchev–Trinajstić information content (AvgIpc) is 3.05. The van der Waals surface area contributed by atoms with E-state index in [1.807, 2.05) is 43.3 Å². The number of nitrogen functional groups attached to an aromatic ring is 1. The second kappa shape index (κ2) is 6.31. The Morgan fingerprint density at radius 1 is 1.13 bits per heavy atom. The highest BCUT2D eigenvalue weighted by Gasteiger charge is 2.15. The van der Waals surface area contributed by atoms with E-state index < -0.39 is 5.97 Å². The number of ether oxygens (including phenoxy) is 1. The van der Waals surface area contributed by atoms with Crippen molar-refractivity contribution in [3.63, 3.8) is 0 Å². The van der Waals surface area contributed by atoms with Crippen LogP contribution in [0, 0.1) is 6.92 Å². The standard InChI is InChI=1S/C17H15N3O3/c1-11-6-5-9-13(15(11)18)17(21)22-10-14-19-20-16(23-14)12-7-3-2-4-8-12/h2-9H,10,18H2,1H3. The van der Waals surface area contributed by atoms with Gasteiger partial charge in [0.15, 0.2) is 6.61 Å². The fourth-order valence-corrected chi connectivity index (χ4v) is 2.07. The third-order valence-electron chi connectivity index (χ3n) is 3.36. The van der Waals surface area contributed by atoms with Crippen LogP contribution >= 0.6 is 0 Å². The Bertz CT molecular complexity index is 828. The Morgan fingerprint density at radius 2 is 1.91 bits per heavy atom. The minimum Gasteiger partial charge on any atom is -0.452 e. The molecule has 0 atom stereocenters. The molecule has 1 heterocycles. The van der Waals surface area contributed by atoms with Gasteiger partial charge in [-0.1, -0.05) is 30.3 Å². The van der Waals surface area contributed by atoms with Crippen LogP contribution in [-0.2, 0) is 11.3 Å². The van der Waals surface area contributed by atoms with Gasteiger partial charge in [0.25, 0.3) is 5.89 Å². The van der Waals surface area contributed by atoms with E-state index in [0.717, 1.165) is 11.1 Å². The van der Waals surface area contributed by atoms with E-state index in [4.69, 9.17) is 14.9 Å². The maximum Gasteiger partial charge on any atom is 0.340 e. The summed E-state index contributed by atoms with van der Waals surface area (Å²) in [6, 6.07) is 14.6. The van der Waals surface area contributed by atoms with Gasteiger partial charge in [-0.15, -0.1) is 10.2 Å². The molecule has 0 aliphatic rings. The summed E-state index contributed by atoms with van der Waals surface area (Å²) in [5, 5.41) is 7.81. The first kappa shape index (κ1) is 14.8. The summed E-state index contributed by atoms with van der Waals surface area (Å²) in [7, 11) is 0. The van der Waals surface area contributed by atoms with Gasteiger partial charge < -0.3 is 14.9 Å². The maximum absolute atomic E-state index is 12.1. The number of nitrogens with zero attached hydrogens (tertiary/aromatic N) is 2. The van der Waals surface area contributed by atoms with Gasteiger partial charge in [-0.05, 0) is 30.7 Å². The second-order valence-electron chi connectivity index (χ2n) is 4.98. The smallest absolute Gasteiger partial charge is 0.340 e. The SMILES string of the molecule is Cc1cccc(C(=O)OCc2nnc(-c3ccccc3)o2)c1N. The van der Waals surface area contributed by atoms with Gasteiger partial charge >= 0.3 is 5.97 Å². The summed E-state index contributed by atoms with van der Waals surface area (Å²) in [5.74, 6) is 0.0841. The van der Waals surface area contributed by atoms with Gasteiger partial charge in [0.2, 0.25) is 5.89 Å². The number of benzene rings is 2. The molecule has 0 saturated carbocycles. The Balaban J connectivity index is 1.68. The first-order valence-electron chi connectivity index (χ1n) is 7.05. The molecule has 0 bridgehead atoms. The van der Waals surface area contributed by atoms with Crippen LogP contribution in [0.5, 0.6) is 0 Å². The van der Waals surface area contributed by atoms with Crippen LogP contribution < -0.4 is 5.73 Å². The summed E-state index contributed by atoms with van der Waals surface area (Å²) in [5.41, 5.74) is 8.25. The van der Waals surface area contributed by atoms with E-state index in [-0.39, 0.29) is 12.5 Å². The maximum atomic E-state index is 12.1. The molecular weight excluding hydrogens is 294 g/mol. The predicted molar refractivity (Wildman–Crippen MR) is 84.4 cm³/mol. The Hall–Kier alpha value is -3.15. The van der Waals surface area contributed by atoms with Crippen molar-refractivity contribution in [3.8, 4) is 11.5 Å². The predicted octanol–water partition coefficient (Wildman–Crippen LogP) is 2.98. The molecule has 0 aliphatic heterocycles. The number of para-hydroxylation sites is 1. The molecule has 3 rings (SSSR count). The van der Waals surface area contributed by atoms with E-state index >= 15 is 0 Å². The molecule has 6 nitrogen and oxygen atoms in total. The molecule has 0 radical (unpaired) electrons. The molecule has 1 aromatic heterocycles. The number of aryl methyl sites for hydroxylation is 1. The van der Waals surface area contributed by atoms with Gasteiger partial charge in [0.05, 0.1) is 5.56 Å². The largest absolute Gasteiger partial charge is 0.452 e. The molecule has 2 N–H and O–H groups in total. The lowest BCUT2D eigenvalue weighted by atomic mass is 10.1. The Morgan fingerprint density at radius 3 is 2.70 bits per heavy atom. The highest BCUT2D eigenvalue weighted by atomic mass is 16.5. The molecule has 3 aromatic rings. The quantitative estimate of drug-likeness (QED) is 0.588. The molecule has 0 unspecified atom stereocenters. The number of nitrogens with two attached hydrogens (primary N) is 1. The fraction of sp³-hybridized carbons (Fsp3) is 0.118. The molecular formula is C17H15N3O3. The number of hydrogen-bond acceptors (Lipinski definition) is 6. The zero-order valence-electron chi connectivity index (χ0n) is 12.5. The number of hydrogen-bond donors (Lipinski definition) is 1. The van der Waals surface area contributed by atoms with E-state index in [0.29, 0.717) is 17.1 Å². The van der Waals surface area contributed by atoms with Crippen molar-refractivity contribution in [2.75, 3.05) is 5.73 Å². The Labute approximate surface area is 132 Å². The van der Waals surface area contributed by atoms with Gasteiger partial charge in [-0.25, -0.2) is 4.79 Å². The van der Waals surface area contributed by atoms with Crippen molar-refractivity contribution in [1.29, 1.82) is 0 Å². The summed E-state index contributed by atoms with van der Waals surface area (Å²) < 4.78 is 10.7. The molecule has 0 spiro atoms. The van der Waals surface area contributed by atoms with E-state index in [1.165, 1.54) is 0 Å². The molecule has 23 heavy (non-hydrogen) atoms. The van der Waals surface area contributed by atoms with Crippen molar-refractivity contribution in [2.24, 2.45) is 0 Å². The number of aromatic nitrogens is 2. The molecule has 116 valence electrons. The van der Waals surface area contributed by atoms with E-state index in [1.54, 1.807) is 12.1 Å². The van der Waals surface area contributed by atoms with Crippen molar-refractivity contribution in [3.05, 3.63) is 65.5 Å². The minimum absolute atomic E-state index is 0.105. The summed E-state index contributed by atoms with van der Waals surface area (Å²) in [6.45, 7) is 1.72. The third kappa shape index (κ3) is 3.21. The van der Waals surface area contributed by atoms with E-state index in [9.17, 15) is 4.79 Å². The molecule has 0 amide bonds. The second-order valence-corrected chi connectivity index (χ2v) is 4.98. The summed E-state index contributed by atoms with van der Waals surface area (Å²) >= 11 is 0. The number of anilines is 1. The summed E-state index contributed by atoms with van der Waals surface area (Å²) in [6.07, 6.45) is 0. The highest BCUT2D eigenvalue weighted by Crippen LogP contribution is 2.19. The topological polar surface area (TPSA) is 91.2 Å². The molecule has 6 heteroatoms. The number of carbonyl (C=O) groups is 1. The van der Waals surface area contributed by atoms with Crippen LogP contribution in [0.1, 0.15) is 21.8 Å². The van der Waals surface area contributed by atoms with Gasteiger partial charge in [-0.3, -0.25) is 0 Å². The molecule has 0 fully saturated rings.